The van der Waals surface area contributed by atoms with Crippen molar-refractivity contribution in [1.82, 2.24) is 4.90 Å². The van der Waals surface area contributed by atoms with E-state index in [1.54, 1.807) is 0 Å². The highest BCUT2D eigenvalue weighted by Gasteiger charge is 2.25. The molecule has 1 aromatic carbocycles. The Morgan fingerprint density at radius 3 is 2.62 bits per heavy atom. The van der Waals surface area contributed by atoms with E-state index in [-0.39, 0.29) is 5.91 Å². The Morgan fingerprint density at radius 2 is 1.95 bits per heavy atom. The summed E-state index contributed by atoms with van der Waals surface area (Å²) in [5, 5.41) is 9.16. The molecule has 0 bridgehead atoms. The summed E-state index contributed by atoms with van der Waals surface area (Å²) in [5.41, 5.74) is 0. The number of nitriles is 1. The van der Waals surface area contributed by atoms with Gasteiger partial charge in [-0.2, -0.15) is 5.26 Å². The highest BCUT2D eigenvalue weighted by atomic mass is 16.5. The van der Waals surface area contributed by atoms with Gasteiger partial charge in [0.25, 0.3) is 0 Å². The Hall–Kier alpha value is -2.02. The molecule has 1 aromatic rings. The molecule has 1 saturated heterocycles. The smallest absolute Gasteiger partial charge is 0.239 e. The highest BCUT2D eigenvalue weighted by Crippen LogP contribution is 2.16. The topological polar surface area (TPSA) is 53.3 Å². The number of hydrogen-bond acceptors (Lipinski definition) is 3. The predicted octanol–water partition coefficient (Wildman–Crippen LogP) is 3.00. The summed E-state index contributed by atoms with van der Waals surface area (Å²) in [7, 11) is 0. The predicted molar refractivity (Wildman–Crippen MR) is 80.7 cm³/mol. The van der Waals surface area contributed by atoms with E-state index in [9.17, 15) is 4.79 Å². The number of carbonyl (C=O) groups excluding carboxylic acids is 1. The first-order chi connectivity index (χ1) is 10.3. The standard InChI is InChI=1S/C17H22N2O2/c18-14-15(17(20)19-11-5-6-12-19)8-4-7-13-21-16-9-2-1-3-10-16/h1-3,9-10,15H,4-8,11-13H2. The Kier molecular flexibility index (Phi) is 6.08. The van der Waals surface area contributed by atoms with Gasteiger partial charge < -0.3 is 9.64 Å². The van der Waals surface area contributed by atoms with Crippen LogP contribution >= 0.6 is 0 Å². The Morgan fingerprint density at radius 1 is 1.24 bits per heavy atom. The molecule has 112 valence electrons. The molecule has 1 heterocycles. The molecule has 1 amide bonds. The third kappa shape index (κ3) is 4.78. The van der Waals surface area contributed by atoms with E-state index in [1.807, 2.05) is 35.2 Å². The van der Waals surface area contributed by atoms with Crippen LogP contribution in [-0.2, 0) is 4.79 Å². The number of para-hydroxylation sites is 1. The van der Waals surface area contributed by atoms with Gasteiger partial charge in [-0.1, -0.05) is 18.2 Å². The minimum absolute atomic E-state index is 0.0129. The second-order valence-corrected chi connectivity index (χ2v) is 5.37. The van der Waals surface area contributed by atoms with E-state index in [0.29, 0.717) is 13.0 Å². The first-order valence-electron chi connectivity index (χ1n) is 7.67. The Bertz CT molecular complexity index is 475. The van der Waals surface area contributed by atoms with E-state index < -0.39 is 5.92 Å². The lowest BCUT2D eigenvalue weighted by atomic mass is 10.0. The van der Waals surface area contributed by atoms with Crippen molar-refractivity contribution in [2.45, 2.75) is 32.1 Å². The van der Waals surface area contributed by atoms with Crippen LogP contribution in [0.1, 0.15) is 32.1 Å². The third-order valence-electron chi connectivity index (χ3n) is 3.77. The lowest BCUT2D eigenvalue weighted by Gasteiger charge is -2.18. The minimum Gasteiger partial charge on any atom is -0.494 e. The van der Waals surface area contributed by atoms with E-state index in [1.165, 1.54) is 0 Å². The highest BCUT2D eigenvalue weighted by molar-refractivity contribution is 5.81. The summed E-state index contributed by atoms with van der Waals surface area (Å²) in [5.74, 6) is 0.390. The van der Waals surface area contributed by atoms with Crippen LogP contribution in [0.2, 0.25) is 0 Å². The molecule has 1 unspecified atom stereocenters. The quantitative estimate of drug-likeness (QED) is 0.724. The van der Waals surface area contributed by atoms with Gasteiger partial charge in [0, 0.05) is 13.1 Å². The number of carbonyl (C=O) groups is 1. The SMILES string of the molecule is N#CC(CCCCOc1ccccc1)C(=O)N1CCCC1. The first kappa shape index (κ1) is 15.4. The zero-order valence-corrected chi connectivity index (χ0v) is 12.3. The van der Waals surface area contributed by atoms with E-state index in [0.717, 1.165) is 44.5 Å². The molecule has 1 aliphatic heterocycles. The summed E-state index contributed by atoms with van der Waals surface area (Å²) in [6.45, 7) is 2.25. The largest absolute Gasteiger partial charge is 0.494 e. The summed E-state index contributed by atoms with van der Waals surface area (Å²) in [6, 6.07) is 11.8. The Labute approximate surface area is 126 Å². The zero-order chi connectivity index (χ0) is 14.9. The molecule has 4 heteroatoms. The van der Waals surface area contributed by atoms with Gasteiger partial charge in [0.05, 0.1) is 12.7 Å². The molecular formula is C17H22N2O2. The molecule has 21 heavy (non-hydrogen) atoms. The van der Waals surface area contributed by atoms with Crippen molar-refractivity contribution >= 4 is 5.91 Å². The van der Waals surface area contributed by atoms with Gasteiger partial charge in [-0.15, -0.1) is 0 Å². The number of nitrogens with zero attached hydrogens (tertiary/aromatic N) is 2. The number of benzene rings is 1. The lowest BCUT2D eigenvalue weighted by molar-refractivity contribution is -0.132. The van der Waals surface area contributed by atoms with Crippen LogP contribution in [0.15, 0.2) is 30.3 Å². The second-order valence-electron chi connectivity index (χ2n) is 5.37. The van der Waals surface area contributed by atoms with E-state index >= 15 is 0 Å². The lowest BCUT2D eigenvalue weighted by Crippen LogP contribution is -2.33. The molecule has 0 radical (unpaired) electrons. The fraction of sp³-hybridized carbons (Fsp3) is 0.529. The summed E-state index contributed by atoms with van der Waals surface area (Å²) >= 11 is 0. The number of hydrogen-bond donors (Lipinski definition) is 0. The summed E-state index contributed by atoms with van der Waals surface area (Å²) in [6.07, 6.45) is 4.46. The van der Waals surface area contributed by atoms with Crippen LogP contribution in [0.3, 0.4) is 0 Å². The summed E-state index contributed by atoms with van der Waals surface area (Å²) < 4.78 is 5.60. The van der Waals surface area contributed by atoms with Crippen molar-refractivity contribution in [3.05, 3.63) is 30.3 Å². The van der Waals surface area contributed by atoms with Crippen LogP contribution in [-0.4, -0.2) is 30.5 Å². The van der Waals surface area contributed by atoms with Crippen LogP contribution in [0.4, 0.5) is 0 Å². The van der Waals surface area contributed by atoms with Crippen LogP contribution in [0.5, 0.6) is 5.75 Å². The summed E-state index contributed by atoms with van der Waals surface area (Å²) in [4.78, 5) is 14.0. The fourth-order valence-electron chi connectivity index (χ4n) is 2.56. The van der Waals surface area contributed by atoms with Crippen molar-refractivity contribution in [2.75, 3.05) is 19.7 Å². The molecule has 0 aliphatic carbocycles. The third-order valence-corrected chi connectivity index (χ3v) is 3.77. The maximum atomic E-state index is 12.1. The minimum atomic E-state index is -0.486. The molecule has 1 fully saturated rings. The number of ether oxygens (including phenoxy) is 1. The van der Waals surface area contributed by atoms with Crippen molar-refractivity contribution in [2.24, 2.45) is 5.92 Å². The molecule has 0 spiro atoms. The number of unbranched alkanes of at least 4 members (excludes halogenated alkanes) is 1. The number of likely N-dealkylation sites (tertiary alicyclic amines) is 1. The van der Waals surface area contributed by atoms with Crippen molar-refractivity contribution < 1.29 is 9.53 Å². The van der Waals surface area contributed by atoms with Crippen molar-refractivity contribution in [3.63, 3.8) is 0 Å². The molecule has 1 aliphatic rings. The molecular weight excluding hydrogens is 264 g/mol. The van der Waals surface area contributed by atoms with Gasteiger partial charge in [0.1, 0.15) is 11.7 Å². The van der Waals surface area contributed by atoms with Gasteiger partial charge in [-0.05, 0) is 44.2 Å². The fourth-order valence-corrected chi connectivity index (χ4v) is 2.56. The molecule has 2 rings (SSSR count). The average molecular weight is 286 g/mol. The molecule has 0 N–H and O–H groups in total. The zero-order valence-electron chi connectivity index (χ0n) is 12.3. The molecule has 0 aromatic heterocycles. The van der Waals surface area contributed by atoms with Crippen LogP contribution in [0.25, 0.3) is 0 Å². The van der Waals surface area contributed by atoms with Gasteiger partial charge in [0.15, 0.2) is 0 Å². The van der Waals surface area contributed by atoms with E-state index in [2.05, 4.69) is 6.07 Å². The van der Waals surface area contributed by atoms with Gasteiger partial charge in [-0.25, -0.2) is 0 Å². The van der Waals surface area contributed by atoms with E-state index in [4.69, 9.17) is 10.00 Å². The van der Waals surface area contributed by atoms with Gasteiger partial charge in [-0.3, -0.25) is 4.79 Å². The second kappa shape index (κ2) is 8.31. The van der Waals surface area contributed by atoms with Crippen molar-refractivity contribution in [3.8, 4) is 11.8 Å². The Balaban J connectivity index is 1.64. The first-order valence-corrected chi connectivity index (χ1v) is 7.67. The van der Waals surface area contributed by atoms with Crippen LogP contribution in [0, 0.1) is 17.2 Å². The van der Waals surface area contributed by atoms with Crippen LogP contribution < -0.4 is 4.74 Å². The monoisotopic (exact) mass is 286 g/mol. The van der Waals surface area contributed by atoms with Gasteiger partial charge >= 0.3 is 0 Å². The normalized spacial score (nSPS) is 15.5. The molecule has 0 saturated carbocycles. The number of rotatable bonds is 7. The number of amides is 1. The molecule has 4 nitrogen and oxygen atoms in total. The van der Waals surface area contributed by atoms with Crippen molar-refractivity contribution in [1.29, 1.82) is 5.26 Å². The average Bonchev–Trinajstić information content (AvgIpc) is 3.06. The maximum Gasteiger partial charge on any atom is 0.239 e. The maximum absolute atomic E-state index is 12.1. The molecule has 1 atom stereocenters. The van der Waals surface area contributed by atoms with Gasteiger partial charge in [0.2, 0.25) is 5.91 Å².